The second-order valence-corrected chi connectivity index (χ2v) is 9.04. The Balaban J connectivity index is 1.90. The maximum atomic E-state index is 12.6. The Labute approximate surface area is 192 Å². The summed E-state index contributed by atoms with van der Waals surface area (Å²) in [4.78, 5) is 26.5. The number of carboxylic acids is 1. The van der Waals surface area contributed by atoms with Gasteiger partial charge in [-0.2, -0.15) is 9.71 Å². The summed E-state index contributed by atoms with van der Waals surface area (Å²) in [6, 6.07) is 11.7. The molecule has 1 atom stereocenters. The van der Waals surface area contributed by atoms with E-state index in [-0.39, 0.29) is 29.6 Å². The van der Waals surface area contributed by atoms with Crippen LogP contribution in [0.25, 0.3) is 0 Å². The maximum absolute atomic E-state index is 12.6. The normalized spacial score (nSPS) is 12.0. The van der Waals surface area contributed by atoms with Crippen LogP contribution in [-0.2, 0) is 26.0 Å². The molecule has 0 saturated carbocycles. The summed E-state index contributed by atoms with van der Waals surface area (Å²) >= 11 is 0. The van der Waals surface area contributed by atoms with Crippen molar-refractivity contribution in [3.63, 3.8) is 0 Å². The molecule has 0 heterocycles. The van der Waals surface area contributed by atoms with Gasteiger partial charge in [0, 0.05) is 6.42 Å². The number of guanidine groups is 1. The van der Waals surface area contributed by atoms with Gasteiger partial charge in [0.2, 0.25) is 15.9 Å². The Kier molecular flexibility index (Phi) is 9.37. The van der Waals surface area contributed by atoms with Crippen LogP contribution < -0.4 is 20.9 Å². The number of hydrogen-bond donors (Lipinski definition) is 4. The monoisotopic (exact) mass is 476 g/mol. The highest BCUT2D eigenvalue weighted by atomic mass is 32.2. The third kappa shape index (κ3) is 8.54. The quantitative estimate of drug-likeness (QED) is 0.201. The van der Waals surface area contributed by atoms with Gasteiger partial charge in [0.15, 0.2) is 5.96 Å². The van der Waals surface area contributed by atoms with Crippen molar-refractivity contribution in [3.8, 4) is 5.75 Å². The van der Waals surface area contributed by atoms with Crippen molar-refractivity contribution in [2.75, 3.05) is 6.61 Å². The van der Waals surface area contributed by atoms with Crippen LogP contribution in [0.1, 0.15) is 30.4 Å². The Bertz CT molecular complexity index is 1100. The van der Waals surface area contributed by atoms with E-state index in [0.717, 1.165) is 0 Å². The number of carboxylic acid groups (broad SMARTS) is 1. The lowest BCUT2D eigenvalue weighted by atomic mass is 10.1. The highest BCUT2D eigenvalue weighted by molar-refractivity contribution is 7.89. The van der Waals surface area contributed by atoms with Crippen LogP contribution in [0.5, 0.6) is 5.75 Å². The van der Waals surface area contributed by atoms with Gasteiger partial charge in [-0.25, -0.2) is 8.42 Å². The van der Waals surface area contributed by atoms with E-state index >= 15 is 0 Å². The number of amides is 1. The number of nitrogens with one attached hydrogen (secondary N) is 1. The number of nitrogens with zero attached hydrogens (tertiary/aromatic N) is 1. The molecule has 1 amide bonds. The van der Waals surface area contributed by atoms with E-state index in [1.165, 1.54) is 6.07 Å². The molecule has 0 radical (unpaired) electrons. The fraction of sp³-hybridized carbons (Fsp3) is 0.318. The number of unbranched alkanes of at least 4 members (excludes halogenated alkanes) is 1. The molecule has 0 aromatic heterocycles. The Morgan fingerprint density at radius 3 is 2.36 bits per heavy atom. The summed E-state index contributed by atoms with van der Waals surface area (Å²) in [5, 5.41) is 9.53. The summed E-state index contributed by atoms with van der Waals surface area (Å²) in [6.45, 7) is 2.02. The highest BCUT2D eigenvalue weighted by Gasteiger charge is 2.26. The standard InChI is InChI=1S/C22H28N4O6S/c1-15-6-2-3-7-19(15)33(30,31)26-18(21(28)29)14-16-9-11-17(12-10-16)32-13-5-4-8-20(27)25-22(23)24/h2-3,6-7,9-12,18,26H,4-5,8,13-14H2,1H3,(H,28,29)(H4,23,24,25,27)/t18-/m0/s1. The van der Waals surface area contributed by atoms with E-state index in [2.05, 4.69) is 9.71 Å². The number of aryl methyl sites for hydroxylation is 1. The van der Waals surface area contributed by atoms with Crippen molar-refractivity contribution in [2.45, 2.75) is 43.5 Å². The van der Waals surface area contributed by atoms with Gasteiger partial charge in [-0.1, -0.05) is 30.3 Å². The molecule has 0 aliphatic heterocycles. The van der Waals surface area contributed by atoms with Crippen molar-refractivity contribution < 1.29 is 27.9 Å². The van der Waals surface area contributed by atoms with E-state index in [9.17, 15) is 23.1 Å². The molecule has 178 valence electrons. The molecule has 0 fully saturated rings. The zero-order valence-corrected chi connectivity index (χ0v) is 19.0. The van der Waals surface area contributed by atoms with E-state index < -0.39 is 22.0 Å². The summed E-state index contributed by atoms with van der Waals surface area (Å²) in [7, 11) is -4.00. The van der Waals surface area contributed by atoms with Crippen molar-refractivity contribution >= 4 is 27.9 Å². The van der Waals surface area contributed by atoms with Gasteiger partial charge in [0.05, 0.1) is 11.5 Å². The number of ether oxygens (including phenoxy) is 1. The van der Waals surface area contributed by atoms with Gasteiger partial charge in [-0.3, -0.25) is 9.59 Å². The second kappa shape index (κ2) is 12.0. The molecule has 33 heavy (non-hydrogen) atoms. The molecule has 2 aromatic carbocycles. The number of nitrogens with two attached hydrogens (primary N) is 2. The summed E-state index contributed by atoms with van der Waals surface area (Å²) in [5.41, 5.74) is 11.4. The van der Waals surface area contributed by atoms with Crippen molar-refractivity contribution in [2.24, 2.45) is 16.5 Å². The number of sulfonamides is 1. The molecule has 10 nitrogen and oxygen atoms in total. The van der Waals surface area contributed by atoms with Crippen molar-refractivity contribution in [1.29, 1.82) is 0 Å². The smallest absolute Gasteiger partial charge is 0.322 e. The molecule has 0 saturated heterocycles. The topological polar surface area (TPSA) is 174 Å². The fourth-order valence-electron chi connectivity index (χ4n) is 3.01. The maximum Gasteiger partial charge on any atom is 0.322 e. The number of benzene rings is 2. The molecule has 2 rings (SSSR count). The summed E-state index contributed by atoms with van der Waals surface area (Å²) < 4.78 is 33.2. The zero-order valence-electron chi connectivity index (χ0n) is 18.2. The largest absolute Gasteiger partial charge is 0.494 e. The molecule has 0 aliphatic rings. The van der Waals surface area contributed by atoms with Crippen molar-refractivity contribution in [3.05, 3.63) is 59.7 Å². The minimum atomic E-state index is -4.00. The molecule has 0 aliphatic carbocycles. The van der Waals surface area contributed by atoms with Crippen LogP contribution in [0.2, 0.25) is 0 Å². The molecule has 6 N–H and O–H groups in total. The minimum Gasteiger partial charge on any atom is -0.494 e. The van der Waals surface area contributed by atoms with Gasteiger partial charge >= 0.3 is 5.97 Å². The van der Waals surface area contributed by atoms with Gasteiger partial charge < -0.3 is 21.3 Å². The van der Waals surface area contributed by atoms with Crippen LogP contribution in [0, 0.1) is 6.92 Å². The Morgan fingerprint density at radius 2 is 1.76 bits per heavy atom. The van der Waals surface area contributed by atoms with E-state index in [0.29, 0.717) is 36.3 Å². The first-order chi connectivity index (χ1) is 15.6. The van der Waals surface area contributed by atoms with Gasteiger partial charge in [0.1, 0.15) is 11.8 Å². The molecule has 11 heteroatoms. The predicted molar refractivity (Wildman–Crippen MR) is 123 cm³/mol. The van der Waals surface area contributed by atoms with E-state index in [4.69, 9.17) is 16.2 Å². The Morgan fingerprint density at radius 1 is 1.09 bits per heavy atom. The minimum absolute atomic E-state index is 0.0341. The number of hydrogen-bond acceptors (Lipinski definition) is 5. The van der Waals surface area contributed by atoms with Gasteiger partial charge in [0.25, 0.3) is 0 Å². The number of carbonyl (C=O) groups is 2. The SMILES string of the molecule is Cc1ccccc1S(=O)(=O)N[C@@H](Cc1ccc(OCCCCC(=O)N=C(N)N)cc1)C(=O)O. The molecular formula is C22H28N4O6S. The third-order valence-corrected chi connectivity index (χ3v) is 6.28. The third-order valence-electron chi connectivity index (χ3n) is 4.65. The molecule has 0 unspecified atom stereocenters. The van der Waals surface area contributed by atoms with Crippen LogP contribution in [-0.4, -0.2) is 44.0 Å². The fourth-order valence-corrected chi connectivity index (χ4v) is 4.45. The number of carbonyl (C=O) groups excluding carboxylic acids is 1. The molecule has 0 bridgehead atoms. The average molecular weight is 477 g/mol. The average Bonchev–Trinajstić information content (AvgIpc) is 2.73. The molecular weight excluding hydrogens is 448 g/mol. The first kappa shape index (κ1) is 25.8. The van der Waals surface area contributed by atoms with Crippen LogP contribution in [0.15, 0.2) is 58.4 Å². The van der Waals surface area contributed by atoms with Crippen LogP contribution in [0.3, 0.4) is 0 Å². The molecule has 0 spiro atoms. The Hall–Kier alpha value is -3.44. The van der Waals surface area contributed by atoms with Crippen LogP contribution in [0.4, 0.5) is 0 Å². The predicted octanol–water partition coefficient (Wildman–Crippen LogP) is 1.32. The highest BCUT2D eigenvalue weighted by Crippen LogP contribution is 2.17. The van der Waals surface area contributed by atoms with Gasteiger partial charge in [-0.05, 0) is 55.5 Å². The zero-order chi connectivity index (χ0) is 24.4. The first-order valence-corrected chi connectivity index (χ1v) is 11.7. The molecule has 2 aromatic rings. The van der Waals surface area contributed by atoms with E-state index in [1.54, 1.807) is 49.4 Å². The second-order valence-electron chi connectivity index (χ2n) is 7.36. The lowest BCUT2D eigenvalue weighted by molar-refractivity contribution is -0.138. The number of aliphatic imine (C=N–C) groups is 1. The summed E-state index contributed by atoms with van der Waals surface area (Å²) in [6.07, 6.45) is 1.37. The summed E-state index contributed by atoms with van der Waals surface area (Å²) in [5.74, 6) is -1.35. The van der Waals surface area contributed by atoms with E-state index in [1.807, 2.05) is 0 Å². The van der Waals surface area contributed by atoms with Crippen molar-refractivity contribution in [1.82, 2.24) is 4.72 Å². The van der Waals surface area contributed by atoms with Gasteiger partial charge in [-0.15, -0.1) is 0 Å². The number of aliphatic carboxylic acids is 1. The number of rotatable bonds is 12. The lowest BCUT2D eigenvalue weighted by Crippen LogP contribution is -2.42. The lowest BCUT2D eigenvalue weighted by Gasteiger charge is -2.16. The van der Waals surface area contributed by atoms with Crippen LogP contribution >= 0.6 is 0 Å². The first-order valence-electron chi connectivity index (χ1n) is 10.2.